The second-order valence-electron chi connectivity index (χ2n) is 5.54. The minimum Gasteiger partial charge on any atom is -0.481 e. The van der Waals surface area contributed by atoms with E-state index >= 15 is 0 Å². The zero-order valence-corrected chi connectivity index (χ0v) is 12.1. The molecule has 2 N–H and O–H groups in total. The van der Waals surface area contributed by atoms with E-state index in [0.29, 0.717) is 19.6 Å². The van der Waals surface area contributed by atoms with E-state index in [1.54, 1.807) is 6.92 Å². The number of carbonyl (C=O) groups excluding carboxylic acids is 2. The number of ether oxygens (including phenoxy) is 1. The molecule has 0 heterocycles. The number of esters is 1. The van der Waals surface area contributed by atoms with Crippen LogP contribution >= 0.6 is 0 Å². The van der Waals surface area contributed by atoms with Gasteiger partial charge in [-0.05, 0) is 31.6 Å². The van der Waals surface area contributed by atoms with E-state index in [-0.39, 0.29) is 30.1 Å². The standard InChI is InChI=1S/C15H21NO5/c1-2-21-11(17)4-3-7-16-14(18)12-9-5-6-10(8-9)13(12)15(19)20/h5-6,9-10,12-13H,2-4,7-8H2,1H3,(H,16,18)(H,19,20). The number of hydrogen-bond donors (Lipinski definition) is 2. The number of carbonyl (C=O) groups is 3. The number of fused-ring (bicyclic) bond motifs is 2. The van der Waals surface area contributed by atoms with Gasteiger partial charge in [0.2, 0.25) is 5.91 Å². The van der Waals surface area contributed by atoms with Crippen molar-refractivity contribution >= 4 is 17.8 Å². The lowest BCUT2D eigenvalue weighted by Crippen LogP contribution is -2.40. The molecule has 2 aliphatic carbocycles. The summed E-state index contributed by atoms with van der Waals surface area (Å²) in [4.78, 5) is 34.7. The Kier molecular flexibility index (Phi) is 4.98. The SMILES string of the molecule is CCOC(=O)CCCNC(=O)C1C2C=CC(C2)C1C(=O)O. The number of hydrogen-bond acceptors (Lipinski definition) is 4. The predicted molar refractivity (Wildman–Crippen MR) is 74.2 cm³/mol. The monoisotopic (exact) mass is 295 g/mol. The summed E-state index contributed by atoms with van der Waals surface area (Å²) in [5.41, 5.74) is 0. The van der Waals surface area contributed by atoms with Crippen LogP contribution in [0.4, 0.5) is 0 Å². The van der Waals surface area contributed by atoms with Crippen molar-refractivity contribution in [2.45, 2.75) is 26.2 Å². The van der Waals surface area contributed by atoms with Gasteiger partial charge in [0.25, 0.3) is 0 Å². The first-order valence-electron chi connectivity index (χ1n) is 7.39. The lowest BCUT2D eigenvalue weighted by Gasteiger charge is -2.23. The highest BCUT2D eigenvalue weighted by molar-refractivity contribution is 5.86. The van der Waals surface area contributed by atoms with Gasteiger partial charge in [-0.1, -0.05) is 12.2 Å². The summed E-state index contributed by atoms with van der Waals surface area (Å²) >= 11 is 0. The number of rotatable bonds is 7. The van der Waals surface area contributed by atoms with Crippen molar-refractivity contribution in [2.24, 2.45) is 23.7 Å². The van der Waals surface area contributed by atoms with Gasteiger partial charge in [-0.2, -0.15) is 0 Å². The number of carboxylic acids is 1. The van der Waals surface area contributed by atoms with Crippen LogP contribution in [0.3, 0.4) is 0 Å². The van der Waals surface area contributed by atoms with Crippen molar-refractivity contribution in [3.63, 3.8) is 0 Å². The molecule has 1 amide bonds. The second kappa shape index (κ2) is 6.74. The van der Waals surface area contributed by atoms with Crippen LogP contribution in [0.5, 0.6) is 0 Å². The summed E-state index contributed by atoms with van der Waals surface area (Å²) in [7, 11) is 0. The van der Waals surface area contributed by atoms with E-state index in [0.717, 1.165) is 6.42 Å². The van der Waals surface area contributed by atoms with Crippen LogP contribution in [0.1, 0.15) is 26.2 Å². The van der Waals surface area contributed by atoms with Gasteiger partial charge in [0.15, 0.2) is 0 Å². The fourth-order valence-corrected chi connectivity index (χ4v) is 3.31. The van der Waals surface area contributed by atoms with Crippen LogP contribution in [0.15, 0.2) is 12.2 Å². The summed E-state index contributed by atoms with van der Waals surface area (Å²) in [6.07, 6.45) is 5.37. The van der Waals surface area contributed by atoms with Gasteiger partial charge in [-0.25, -0.2) is 0 Å². The van der Waals surface area contributed by atoms with E-state index in [9.17, 15) is 19.5 Å². The predicted octanol–water partition coefficient (Wildman–Crippen LogP) is 0.969. The van der Waals surface area contributed by atoms with Gasteiger partial charge in [0.05, 0.1) is 18.4 Å². The second-order valence-corrected chi connectivity index (χ2v) is 5.54. The molecule has 0 saturated heterocycles. The molecule has 0 spiro atoms. The van der Waals surface area contributed by atoms with Gasteiger partial charge < -0.3 is 15.2 Å². The van der Waals surface area contributed by atoms with Crippen LogP contribution in [0, 0.1) is 23.7 Å². The van der Waals surface area contributed by atoms with Crippen LogP contribution in [-0.2, 0) is 19.1 Å². The van der Waals surface area contributed by atoms with Gasteiger partial charge in [-0.15, -0.1) is 0 Å². The van der Waals surface area contributed by atoms with E-state index in [2.05, 4.69) is 5.32 Å². The van der Waals surface area contributed by atoms with Gasteiger partial charge in [-0.3, -0.25) is 14.4 Å². The highest BCUT2D eigenvalue weighted by Gasteiger charge is 2.51. The Morgan fingerprint density at radius 2 is 1.90 bits per heavy atom. The summed E-state index contributed by atoms with van der Waals surface area (Å²) < 4.78 is 4.80. The smallest absolute Gasteiger partial charge is 0.307 e. The molecule has 2 bridgehead atoms. The minimum atomic E-state index is -0.904. The summed E-state index contributed by atoms with van der Waals surface area (Å²) in [5, 5.41) is 12.0. The third-order valence-corrected chi connectivity index (χ3v) is 4.21. The Balaban J connectivity index is 1.79. The van der Waals surface area contributed by atoms with Crippen molar-refractivity contribution in [1.82, 2.24) is 5.32 Å². The molecule has 21 heavy (non-hydrogen) atoms. The Bertz CT molecular complexity index is 459. The topological polar surface area (TPSA) is 92.7 Å². The molecule has 6 heteroatoms. The number of aliphatic carboxylic acids is 1. The molecule has 6 nitrogen and oxygen atoms in total. The van der Waals surface area contributed by atoms with E-state index in [1.807, 2.05) is 12.2 Å². The molecule has 116 valence electrons. The molecule has 2 aliphatic rings. The first-order chi connectivity index (χ1) is 10.0. The lowest BCUT2D eigenvalue weighted by atomic mass is 9.82. The number of nitrogens with one attached hydrogen (secondary N) is 1. The molecule has 1 fully saturated rings. The molecule has 0 aliphatic heterocycles. The molecular formula is C15H21NO5. The maximum absolute atomic E-state index is 12.2. The van der Waals surface area contributed by atoms with Crippen molar-refractivity contribution < 1.29 is 24.2 Å². The highest BCUT2D eigenvalue weighted by Crippen LogP contribution is 2.48. The Morgan fingerprint density at radius 1 is 1.24 bits per heavy atom. The lowest BCUT2D eigenvalue weighted by molar-refractivity contribution is -0.147. The van der Waals surface area contributed by atoms with Gasteiger partial charge in [0, 0.05) is 13.0 Å². The Hall–Kier alpha value is -1.85. The van der Waals surface area contributed by atoms with Crippen LogP contribution in [-0.4, -0.2) is 36.1 Å². The van der Waals surface area contributed by atoms with Gasteiger partial charge >= 0.3 is 11.9 Å². The van der Waals surface area contributed by atoms with E-state index < -0.39 is 17.8 Å². The number of allylic oxidation sites excluding steroid dienone is 2. The molecule has 1 saturated carbocycles. The molecule has 2 rings (SSSR count). The number of amides is 1. The summed E-state index contributed by atoms with van der Waals surface area (Å²) in [5.74, 6) is -2.51. The minimum absolute atomic E-state index is 0.0252. The maximum atomic E-state index is 12.2. The Morgan fingerprint density at radius 3 is 2.52 bits per heavy atom. The number of carboxylic acid groups (broad SMARTS) is 1. The van der Waals surface area contributed by atoms with Crippen molar-refractivity contribution in [3.05, 3.63) is 12.2 Å². The van der Waals surface area contributed by atoms with Crippen molar-refractivity contribution in [1.29, 1.82) is 0 Å². The average molecular weight is 295 g/mol. The quantitative estimate of drug-likeness (QED) is 0.415. The summed E-state index contributed by atoms with van der Waals surface area (Å²) in [6, 6.07) is 0. The van der Waals surface area contributed by atoms with Crippen molar-refractivity contribution in [2.75, 3.05) is 13.2 Å². The normalized spacial score (nSPS) is 29.4. The zero-order valence-electron chi connectivity index (χ0n) is 12.1. The third kappa shape index (κ3) is 3.43. The molecule has 0 aromatic heterocycles. The van der Waals surface area contributed by atoms with Crippen LogP contribution in [0.2, 0.25) is 0 Å². The van der Waals surface area contributed by atoms with E-state index in [4.69, 9.17) is 4.74 Å². The molecular weight excluding hydrogens is 274 g/mol. The molecule has 4 unspecified atom stereocenters. The fourth-order valence-electron chi connectivity index (χ4n) is 3.31. The molecule has 0 aromatic carbocycles. The summed E-state index contributed by atoms with van der Waals surface area (Å²) in [6.45, 7) is 2.46. The molecule has 4 atom stereocenters. The third-order valence-electron chi connectivity index (χ3n) is 4.21. The maximum Gasteiger partial charge on any atom is 0.307 e. The van der Waals surface area contributed by atoms with Crippen molar-refractivity contribution in [3.8, 4) is 0 Å². The van der Waals surface area contributed by atoms with Crippen LogP contribution < -0.4 is 5.32 Å². The van der Waals surface area contributed by atoms with Gasteiger partial charge in [0.1, 0.15) is 0 Å². The van der Waals surface area contributed by atoms with Crippen LogP contribution in [0.25, 0.3) is 0 Å². The first-order valence-corrected chi connectivity index (χ1v) is 7.39. The molecule has 0 aromatic rings. The zero-order chi connectivity index (χ0) is 15.4. The first kappa shape index (κ1) is 15.5. The highest BCUT2D eigenvalue weighted by atomic mass is 16.5. The fraction of sp³-hybridized carbons (Fsp3) is 0.667. The largest absolute Gasteiger partial charge is 0.481 e. The Labute approximate surface area is 123 Å². The average Bonchev–Trinajstić information content (AvgIpc) is 3.04. The van der Waals surface area contributed by atoms with E-state index in [1.165, 1.54) is 0 Å². The molecule has 0 radical (unpaired) electrons.